The van der Waals surface area contributed by atoms with E-state index >= 15 is 0 Å². The second kappa shape index (κ2) is 11.4. The topological polar surface area (TPSA) is 51.1 Å². The van der Waals surface area contributed by atoms with E-state index in [1.165, 1.54) is 11.8 Å². The molecule has 34 heavy (non-hydrogen) atoms. The molecule has 1 heterocycles. The average molecular weight is 649 g/mol. The zero-order chi connectivity index (χ0) is 24.1. The van der Waals surface area contributed by atoms with E-state index in [0.717, 1.165) is 36.4 Å². The van der Waals surface area contributed by atoms with Crippen molar-refractivity contribution < 1.29 is 14.3 Å². The molecule has 1 amide bonds. The van der Waals surface area contributed by atoms with Gasteiger partial charge >= 0.3 is 0 Å². The van der Waals surface area contributed by atoms with Crippen molar-refractivity contribution in [1.82, 2.24) is 4.90 Å². The maximum Gasteiger partial charge on any atom is 0.266 e. The van der Waals surface area contributed by atoms with Crippen LogP contribution in [0.4, 0.5) is 5.69 Å². The van der Waals surface area contributed by atoms with Gasteiger partial charge in [0, 0.05) is 11.0 Å². The molecule has 0 saturated carbocycles. The molecule has 1 saturated heterocycles. The van der Waals surface area contributed by atoms with E-state index in [1.54, 1.807) is 12.0 Å². The van der Waals surface area contributed by atoms with Crippen LogP contribution in [0.15, 0.2) is 81.1 Å². The summed E-state index contributed by atoms with van der Waals surface area (Å²) >= 11 is 7.10. The van der Waals surface area contributed by atoms with Crippen molar-refractivity contribution in [3.8, 4) is 11.5 Å². The van der Waals surface area contributed by atoms with Crippen LogP contribution >= 0.6 is 50.3 Å². The molecule has 1 aliphatic rings. The van der Waals surface area contributed by atoms with E-state index in [0.29, 0.717) is 23.2 Å². The number of methoxy groups -OCH3 is 1. The van der Waals surface area contributed by atoms with E-state index in [9.17, 15) is 4.79 Å². The lowest BCUT2D eigenvalue weighted by molar-refractivity contribution is -0.122. The van der Waals surface area contributed by atoms with Crippen LogP contribution in [0.3, 0.4) is 0 Å². The molecule has 8 heteroatoms. The van der Waals surface area contributed by atoms with E-state index in [1.807, 2.05) is 79.7 Å². The highest BCUT2D eigenvalue weighted by atomic mass is 127. The lowest BCUT2D eigenvalue weighted by Crippen LogP contribution is -2.28. The summed E-state index contributed by atoms with van der Waals surface area (Å²) in [6, 6.07) is 21.5. The summed E-state index contributed by atoms with van der Waals surface area (Å²) in [5, 5.41) is 0.674. The number of hydrogen-bond acceptors (Lipinski definition) is 5. The molecule has 174 valence electrons. The molecular formula is C26H22BrIN2O3S. The van der Waals surface area contributed by atoms with Crippen molar-refractivity contribution in [2.24, 2.45) is 4.99 Å². The molecule has 3 aromatic rings. The lowest BCUT2D eigenvalue weighted by Gasteiger charge is -2.12. The second-order valence-electron chi connectivity index (χ2n) is 7.36. The first-order valence-electron chi connectivity index (χ1n) is 10.6. The third kappa shape index (κ3) is 6.03. The first-order valence-corrected chi connectivity index (χ1v) is 13.3. The summed E-state index contributed by atoms with van der Waals surface area (Å²) in [5.74, 6) is 1.55. The van der Waals surface area contributed by atoms with Gasteiger partial charge in [0.1, 0.15) is 18.1 Å². The molecule has 0 radical (unpaired) electrons. The number of nitrogens with zero attached hydrogens (tertiary/aromatic N) is 2. The first-order chi connectivity index (χ1) is 16.5. The molecule has 4 rings (SSSR count). The molecule has 0 spiro atoms. The van der Waals surface area contributed by atoms with Crippen molar-refractivity contribution in [2.45, 2.75) is 13.5 Å². The molecule has 0 aromatic heterocycles. The number of aliphatic imine (C=N–C) groups is 1. The normalized spacial score (nSPS) is 15.9. The first kappa shape index (κ1) is 24.8. The van der Waals surface area contributed by atoms with Crippen molar-refractivity contribution in [1.29, 1.82) is 0 Å². The fourth-order valence-corrected chi connectivity index (χ4v) is 5.28. The summed E-state index contributed by atoms with van der Waals surface area (Å²) in [5.41, 5.74) is 2.82. The molecule has 0 N–H and O–H groups in total. The SMILES string of the molecule is CCN1C(=O)/C(=C\c2ccc(OCc3ccc(Br)cc3)c(I)c2)SC1=Nc1ccc(OC)cc1. The van der Waals surface area contributed by atoms with Crippen LogP contribution < -0.4 is 9.47 Å². The van der Waals surface area contributed by atoms with Gasteiger partial charge in [-0.15, -0.1) is 0 Å². The van der Waals surface area contributed by atoms with Gasteiger partial charge in [-0.05, 0) is 107 Å². The van der Waals surface area contributed by atoms with Crippen LogP contribution in [0.2, 0.25) is 0 Å². The summed E-state index contributed by atoms with van der Waals surface area (Å²) < 4.78 is 13.2. The van der Waals surface area contributed by atoms with Gasteiger partial charge in [0.05, 0.1) is 21.3 Å². The maximum absolute atomic E-state index is 13.0. The summed E-state index contributed by atoms with van der Waals surface area (Å²) in [6.07, 6.45) is 1.91. The summed E-state index contributed by atoms with van der Waals surface area (Å²) in [6.45, 7) is 3.00. The van der Waals surface area contributed by atoms with Crippen LogP contribution in [0, 0.1) is 3.57 Å². The molecule has 3 aromatic carbocycles. The molecule has 0 unspecified atom stereocenters. The van der Waals surface area contributed by atoms with Crippen LogP contribution in [-0.4, -0.2) is 29.6 Å². The predicted molar refractivity (Wildman–Crippen MR) is 151 cm³/mol. The maximum atomic E-state index is 13.0. The average Bonchev–Trinajstić information content (AvgIpc) is 3.13. The van der Waals surface area contributed by atoms with E-state index in [2.05, 4.69) is 43.5 Å². The van der Waals surface area contributed by atoms with Crippen molar-refractivity contribution in [3.05, 3.63) is 90.8 Å². The van der Waals surface area contributed by atoms with Crippen molar-refractivity contribution in [2.75, 3.05) is 13.7 Å². The number of amidine groups is 1. The Kier molecular flexibility index (Phi) is 8.33. The van der Waals surface area contributed by atoms with Gasteiger partial charge in [0.2, 0.25) is 0 Å². The van der Waals surface area contributed by atoms with E-state index in [4.69, 9.17) is 9.47 Å². The third-order valence-electron chi connectivity index (χ3n) is 5.06. The number of likely N-dealkylation sites (N-methyl/N-ethyl adjacent to an activating group) is 1. The number of thioether (sulfide) groups is 1. The van der Waals surface area contributed by atoms with Gasteiger partial charge in [-0.2, -0.15) is 0 Å². The molecule has 0 bridgehead atoms. The molecule has 1 aliphatic heterocycles. The Labute approximate surface area is 225 Å². The van der Waals surface area contributed by atoms with E-state index < -0.39 is 0 Å². The molecule has 1 fully saturated rings. The van der Waals surface area contributed by atoms with Crippen LogP contribution in [0.1, 0.15) is 18.1 Å². The Bertz CT molecular complexity index is 1240. The molecule has 0 atom stereocenters. The standard InChI is InChI=1S/C26H22BrIN2O3S/c1-3-30-25(31)24(34-26(30)29-20-9-11-21(32-2)12-10-20)15-18-6-13-23(22(28)14-18)33-16-17-4-7-19(27)8-5-17/h4-15H,3,16H2,1-2H3/b24-15+,29-26?. The number of amides is 1. The number of benzene rings is 3. The fraction of sp³-hybridized carbons (Fsp3) is 0.154. The second-order valence-corrected chi connectivity index (χ2v) is 10.4. The van der Waals surface area contributed by atoms with Gasteiger partial charge in [-0.25, -0.2) is 4.99 Å². The number of carbonyl (C=O) groups is 1. The highest BCUT2D eigenvalue weighted by Gasteiger charge is 2.32. The quantitative estimate of drug-likeness (QED) is 0.200. The minimum absolute atomic E-state index is 0.0367. The van der Waals surface area contributed by atoms with Crippen molar-refractivity contribution in [3.63, 3.8) is 0 Å². The highest BCUT2D eigenvalue weighted by molar-refractivity contribution is 14.1. The minimum Gasteiger partial charge on any atom is -0.497 e. The number of rotatable bonds is 7. The number of ether oxygens (including phenoxy) is 2. The van der Waals surface area contributed by atoms with Crippen LogP contribution in [0.25, 0.3) is 6.08 Å². The van der Waals surface area contributed by atoms with Crippen LogP contribution in [0.5, 0.6) is 11.5 Å². The smallest absolute Gasteiger partial charge is 0.266 e. The zero-order valence-corrected chi connectivity index (χ0v) is 23.2. The van der Waals surface area contributed by atoms with E-state index in [-0.39, 0.29) is 5.91 Å². The minimum atomic E-state index is -0.0367. The Hall–Kier alpha value is -2.30. The predicted octanol–water partition coefficient (Wildman–Crippen LogP) is 7.27. The van der Waals surface area contributed by atoms with Gasteiger partial charge < -0.3 is 9.47 Å². The fourth-order valence-electron chi connectivity index (χ4n) is 3.25. The number of halogens is 2. The largest absolute Gasteiger partial charge is 0.497 e. The van der Waals surface area contributed by atoms with Crippen LogP contribution in [-0.2, 0) is 11.4 Å². The molecule has 5 nitrogen and oxygen atoms in total. The zero-order valence-electron chi connectivity index (χ0n) is 18.6. The molecular weight excluding hydrogens is 627 g/mol. The Morgan fingerprint density at radius 2 is 1.82 bits per heavy atom. The Balaban J connectivity index is 1.49. The number of carbonyl (C=O) groups excluding carboxylic acids is 1. The third-order valence-corrected chi connectivity index (χ3v) is 7.44. The summed E-state index contributed by atoms with van der Waals surface area (Å²) in [7, 11) is 1.63. The monoisotopic (exact) mass is 648 g/mol. The molecule has 0 aliphatic carbocycles. The Morgan fingerprint density at radius 1 is 1.09 bits per heavy atom. The van der Waals surface area contributed by atoms with Gasteiger partial charge in [-0.1, -0.05) is 34.1 Å². The van der Waals surface area contributed by atoms with Gasteiger partial charge in [-0.3, -0.25) is 9.69 Å². The lowest BCUT2D eigenvalue weighted by atomic mass is 10.2. The van der Waals surface area contributed by atoms with Crippen molar-refractivity contribution >= 4 is 73.1 Å². The number of hydrogen-bond donors (Lipinski definition) is 0. The summed E-state index contributed by atoms with van der Waals surface area (Å²) in [4.78, 5) is 20.0. The highest BCUT2D eigenvalue weighted by Crippen LogP contribution is 2.35. The van der Waals surface area contributed by atoms with Gasteiger partial charge in [0.15, 0.2) is 5.17 Å². The van der Waals surface area contributed by atoms with Gasteiger partial charge in [0.25, 0.3) is 5.91 Å². The Morgan fingerprint density at radius 3 is 2.47 bits per heavy atom.